The lowest BCUT2D eigenvalue weighted by Gasteiger charge is -2.14. The van der Waals surface area contributed by atoms with Gasteiger partial charge in [0, 0.05) is 14.7 Å². The summed E-state index contributed by atoms with van der Waals surface area (Å²) in [6.07, 6.45) is 78.5. The highest BCUT2D eigenvalue weighted by atomic mass is 32.2. The first-order valence-electron chi connectivity index (χ1n) is 32.3. The van der Waals surface area contributed by atoms with E-state index in [0.29, 0.717) is 0 Å². The van der Waals surface area contributed by atoms with E-state index >= 15 is 0 Å². The molecule has 0 bridgehead atoms. The molecule has 3 heteroatoms. The van der Waals surface area contributed by atoms with Crippen molar-refractivity contribution in [3.63, 3.8) is 0 Å². The lowest BCUT2D eigenvalue weighted by atomic mass is 10.0. The van der Waals surface area contributed by atoms with E-state index in [1.54, 1.807) is 14.7 Å². The standard InChI is InChI=1S/C66H126S3/c1-4-7-10-13-16-19-22-25-28-31-34-37-40-43-46-49-52-55-61-67-64-59-58-60-65(68-62-56-53-50-47-44-41-38-35-32-29-26-23-20-17-14-11-8-5-2)66(64)69-63-57-54-51-48-45-42-39-36-33-30-27-24-21-18-15-12-9-6-3/h58-60H,4-57,61-63H2,1-3H3. The van der Waals surface area contributed by atoms with Gasteiger partial charge in [-0.15, -0.1) is 35.3 Å². The fourth-order valence-corrected chi connectivity index (χ4v) is 14.1. The Bertz CT molecular complexity index is 1030. The fourth-order valence-electron chi connectivity index (χ4n) is 10.4. The minimum absolute atomic E-state index is 1.29. The zero-order valence-electron chi connectivity index (χ0n) is 47.8. The molecule has 0 N–H and O–H groups in total. The molecule has 0 aromatic heterocycles. The van der Waals surface area contributed by atoms with Gasteiger partial charge in [-0.05, 0) is 48.7 Å². The summed E-state index contributed by atoms with van der Waals surface area (Å²) in [6, 6.07) is 7.28. The monoisotopic (exact) mass is 1010 g/mol. The smallest absolute Gasteiger partial charge is 0.0344 e. The summed E-state index contributed by atoms with van der Waals surface area (Å²) in [6.45, 7) is 6.96. The number of rotatable bonds is 60. The van der Waals surface area contributed by atoms with Crippen LogP contribution in [0.3, 0.4) is 0 Å². The highest BCUT2D eigenvalue weighted by molar-refractivity contribution is 8.03. The molecular weight excluding hydrogens is 889 g/mol. The summed E-state index contributed by atoms with van der Waals surface area (Å²) in [5.41, 5.74) is 0. The molecule has 0 unspecified atom stereocenters. The van der Waals surface area contributed by atoms with E-state index in [4.69, 9.17) is 0 Å². The molecule has 1 aromatic rings. The first-order chi connectivity index (χ1) is 34.3. The topological polar surface area (TPSA) is 0 Å². The Morgan fingerprint density at radius 2 is 0.362 bits per heavy atom. The van der Waals surface area contributed by atoms with Gasteiger partial charge in [-0.3, -0.25) is 0 Å². The van der Waals surface area contributed by atoms with Crippen LogP contribution < -0.4 is 0 Å². The van der Waals surface area contributed by atoms with Crippen molar-refractivity contribution in [3.8, 4) is 0 Å². The molecule has 0 nitrogen and oxygen atoms in total. The van der Waals surface area contributed by atoms with Crippen molar-refractivity contribution in [1.82, 2.24) is 0 Å². The zero-order valence-corrected chi connectivity index (χ0v) is 50.2. The maximum Gasteiger partial charge on any atom is 0.0344 e. The van der Waals surface area contributed by atoms with Gasteiger partial charge < -0.3 is 0 Å². The van der Waals surface area contributed by atoms with Gasteiger partial charge in [0.2, 0.25) is 0 Å². The lowest BCUT2D eigenvalue weighted by Crippen LogP contribution is -1.91. The third kappa shape index (κ3) is 50.2. The van der Waals surface area contributed by atoms with Gasteiger partial charge in [0.1, 0.15) is 0 Å². The number of thioether (sulfide) groups is 3. The van der Waals surface area contributed by atoms with E-state index in [2.05, 4.69) is 74.3 Å². The Labute approximate surface area is 450 Å². The average Bonchev–Trinajstić information content (AvgIpc) is 3.36. The molecule has 0 aliphatic carbocycles. The normalized spacial score (nSPS) is 11.7. The van der Waals surface area contributed by atoms with Crippen LogP contribution >= 0.6 is 35.3 Å². The summed E-state index contributed by atoms with van der Waals surface area (Å²) in [7, 11) is 0. The maximum atomic E-state index is 2.46. The van der Waals surface area contributed by atoms with Gasteiger partial charge >= 0.3 is 0 Å². The fraction of sp³-hybridized carbons (Fsp3) is 0.909. The third-order valence-electron chi connectivity index (χ3n) is 15.2. The zero-order chi connectivity index (χ0) is 49.3. The maximum absolute atomic E-state index is 2.46. The van der Waals surface area contributed by atoms with E-state index in [0.717, 1.165) is 0 Å². The van der Waals surface area contributed by atoms with E-state index < -0.39 is 0 Å². The second-order valence-electron chi connectivity index (χ2n) is 22.2. The van der Waals surface area contributed by atoms with Crippen molar-refractivity contribution in [2.45, 2.75) is 382 Å². The first-order valence-corrected chi connectivity index (χ1v) is 35.3. The summed E-state index contributed by atoms with van der Waals surface area (Å²) in [5.74, 6) is 3.87. The summed E-state index contributed by atoms with van der Waals surface area (Å²) in [5, 5.41) is 0. The summed E-state index contributed by atoms with van der Waals surface area (Å²) < 4.78 is 0. The first kappa shape index (κ1) is 67.3. The Hall–Kier alpha value is 0.270. The minimum atomic E-state index is 1.29. The predicted octanol–water partition coefficient (Wildman–Crippen LogP) is 26.1. The molecule has 0 aliphatic heterocycles. The minimum Gasteiger partial charge on any atom is -0.125 e. The van der Waals surface area contributed by atoms with Gasteiger partial charge in [0.05, 0.1) is 0 Å². The molecule has 0 radical (unpaired) electrons. The SMILES string of the molecule is CCCCCCCCCCCCCCCCCCCCSc1cccc(SCCCCCCCCCCCCCCCCCCCC)c1SCCCCCCCCCCCCCCCCCCCC. The van der Waals surface area contributed by atoms with Crippen LogP contribution in [-0.2, 0) is 0 Å². The summed E-state index contributed by atoms with van der Waals surface area (Å²) in [4.78, 5) is 4.79. The van der Waals surface area contributed by atoms with Crippen LogP contribution in [0.25, 0.3) is 0 Å². The van der Waals surface area contributed by atoms with Gasteiger partial charge in [-0.2, -0.15) is 0 Å². The van der Waals surface area contributed by atoms with E-state index in [-0.39, 0.29) is 0 Å². The van der Waals surface area contributed by atoms with Gasteiger partial charge in [-0.1, -0.05) is 354 Å². The molecule has 69 heavy (non-hydrogen) atoms. The molecule has 0 fully saturated rings. The largest absolute Gasteiger partial charge is 0.125 e. The molecule has 1 aromatic carbocycles. The van der Waals surface area contributed by atoms with Crippen LogP contribution in [0.4, 0.5) is 0 Å². The highest BCUT2D eigenvalue weighted by Crippen LogP contribution is 2.40. The van der Waals surface area contributed by atoms with Crippen molar-refractivity contribution in [3.05, 3.63) is 18.2 Å². The number of unbranched alkanes of at least 4 members (excludes halogenated alkanes) is 51. The van der Waals surface area contributed by atoms with E-state index in [1.165, 1.54) is 364 Å². The molecule has 408 valence electrons. The Morgan fingerprint density at radius 3 is 0.551 bits per heavy atom. The van der Waals surface area contributed by atoms with Gasteiger partial charge in [0.15, 0.2) is 0 Å². The molecule has 0 saturated carbocycles. The van der Waals surface area contributed by atoms with Crippen LogP contribution in [0.2, 0.25) is 0 Å². The van der Waals surface area contributed by atoms with E-state index in [1.807, 2.05) is 0 Å². The molecule has 1 rings (SSSR count). The van der Waals surface area contributed by atoms with Crippen molar-refractivity contribution in [1.29, 1.82) is 0 Å². The molecule has 0 saturated heterocycles. The second-order valence-corrected chi connectivity index (χ2v) is 25.5. The average molecular weight is 1020 g/mol. The van der Waals surface area contributed by atoms with Crippen LogP contribution in [0, 0.1) is 0 Å². The molecular formula is C66H126S3. The van der Waals surface area contributed by atoms with Crippen LogP contribution in [0.15, 0.2) is 32.9 Å². The Kier molecular flexibility index (Phi) is 57.7. The predicted molar refractivity (Wildman–Crippen MR) is 325 cm³/mol. The van der Waals surface area contributed by atoms with E-state index in [9.17, 15) is 0 Å². The van der Waals surface area contributed by atoms with Gasteiger partial charge in [-0.25, -0.2) is 0 Å². The van der Waals surface area contributed by atoms with Gasteiger partial charge in [0.25, 0.3) is 0 Å². The van der Waals surface area contributed by atoms with Crippen molar-refractivity contribution in [2.24, 2.45) is 0 Å². The second kappa shape index (κ2) is 59.2. The molecule has 0 aliphatic rings. The van der Waals surface area contributed by atoms with Crippen LogP contribution in [0.5, 0.6) is 0 Å². The molecule has 0 spiro atoms. The Morgan fingerprint density at radius 1 is 0.203 bits per heavy atom. The highest BCUT2D eigenvalue weighted by Gasteiger charge is 2.11. The van der Waals surface area contributed by atoms with Crippen LogP contribution in [0.1, 0.15) is 367 Å². The molecule has 0 atom stereocenters. The van der Waals surface area contributed by atoms with Crippen molar-refractivity contribution in [2.75, 3.05) is 17.3 Å². The number of hydrogen-bond acceptors (Lipinski definition) is 3. The van der Waals surface area contributed by atoms with Crippen LogP contribution in [-0.4, -0.2) is 17.3 Å². The van der Waals surface area contributed by atoms with Crippen molar-refractivity contribution < 1.29 is 0 Å². The number of benzene rings is 1. The van der Waals surface area contributed by atoms with Crippen molar-refractivity contribution >= 4 is 35.3 Å². The number of hydrogen-bond donors (Lipinski definition) is 0. The third-order valence-corrected chi connectivity index (χ3v) is 19.0. The summed E-state index contributed by atoms with van der Waals surface area (Å²) >= 11 is 6.55. The lowest BCUT2D eigenvalue weighted by molar-refractivity contribution is 0.526. The quantitative estimate of drug-likeness (QED) is 0.0471. The Balaban J connectivity index is 2.27. The molecule has 0 amide bonds. The molecule has 0 heterocycles.